The molecule has 2 heterocycles. The van der Waals surface area contributed by atoms with Gasteiger partial charge in [0.25, 0.3) is 5.91 Å². The zero-order chi connectivity index (χ0) is 17.9. The molecule has 1 unspecified atom stereocenters. The van der Waals surface area contributed by atoms with Gasteiger partial charge in [-0.25, -0.2) is 9.37 Å². The summed E-state index contributed by atoms with van der Waals surface area (Å²) in [4.78, 5) is 16.5. The van der Waals surface area contributed by atoms with Gasteiger partial charge in [0, 0.05) is 6.20 Å². The van der Waals surface area contributed by atoms with Crippen LogP contribution >= 0.6 is 11.3 Å². The number of fused-ring (bicyclic) bond motifs is 1. The SMILES string of the molecule is O=C(Nc1nncs1)c1ccc(NC2CCCc3ccc(F)cc32)nc1. The number of amides is 1. The van der Waals surface area contributed by atoms with Gasteiger partial charge in [-0.3, -0.25) is 10.1 Å². The van der Waals surface area contributed by atoms with E-state index in [1.54, 1.807) is 23.7 Å². The van der Waals surface area contributed by atoms with E-state index in [4.69, 9.17) is 0 Å². The maximum Gasteiger partial charge on any atom is 0.259 e. The summed E-state index contributed by atoms with van der Waals surface area (Å²) in [6.07, 6.45) is 4.43. The Balaban J connectivity index is 1.47. The summed E-state index contributed by atoms with van der Waals surface area (Å²) in [5.74, 6) is 0.138. The summed E-state index contributed by atoms with van der Waals surface area (Å²) in [6, 6.07) is 8.42. The first-order valence-corrected chi connectivity index (χ1v) is 9.15. The lowest BCUT2D eigenvalue weighted by molar-refractivity contribution is 0.102. The Morgan fingerprint density at radius 3 is 2.96 bits per heavy atom. The van der Waals surface area contributed by atoms with Gasteiger partial charge in [-0.05, 0) is 54.7 Å². The number of hydrogen-bond acceptors (Lipinski definition) is 6. The number of halogens is 1. The molecule has 1 aliphatic carbocycles. The molecule has 0 saturated heterocycles. The number of benzene rings is 1. The van der Waals surface area contributed by atoms with Gasteiger partial charge in [0.05, 0.1) is 11.6 Å². The third-order valence-corrected chi connectivity index (χ3v) is 4.96. The van der Waals surface area contributed by atoms with E-state index in [-0.39, 0.29) is 17.8 Å². The molecule has 132 valence electrons. The predicted molar refractivity (Wildman–Crippen MR) is 97.8 cm³/mol. The third-order valence-electron chi connectivity index (χ3n) is 4.35. The van der Waals surface area contributed by atoms with E-state index in [1.807, 2.05) is 6.07 Å². The Kier molecular flexibility index (Phi) is 4.57. The van der Waals surface area contributed by atoms with Gasteiger partial charge in [0.2, 0.25) is 5.13 Å². The van der Waals surface area contributed by atoms with Crippen LogP contribution in [0.25, 0.3) is 0 Å². The molecule has 2 aromatic heterocycles. The van der Waals surface area contributed by atoms with Crippen LogP contribution in [-0.4, -0.2) is 21.1 Å². The highest BCUT2D eigenvalue weighted by Gasteiger charge is 2.21. The highest BCUT2D eigenvalue weighted by atomic mass is 32.1. The van der Waals surface area contributed by atoms with Crippen molar-refractivity contribution in [3.63, 3.8) is 0 Å². The molecule has 4 rings (SSSR count). The quantitative estimate of drug-likeness (QED) is 0.731. The Bertz CT molecular complexity index is 914. The molecule has 1 aromatic carbocycles. The smallest absolute Gasteiger partial charge is 0.259 e. The average Bonchev–Trinajstić information content (AvgIpc) is 3.16. The zero-order valence-electron chi connectivity index (χ0n) is 13.8. The van der Waals surface area contributed by atoms with Crippen LogP contribution in [-0.2, 0) is 6.42 Å². The fourth-order valence-corrected chi connectivity index (χ4v) is 3.55. The number of carbonyl (C=O) groups excluding carboxylic acids is 1. The number of nitrogens with zero attached hydrogens (tertiary/aromatic N) is 3. The number of aromatic nitrogens is 3. The number of nitrogens with one attached hydrogen (secondary N) is 2. The first-order chi connectivity index (χ1) is 12.7. The van der Waals surface area contributed by atoms with Crippen molar-refractivity contribution in [2.24, 2.45) is 0 Å². The van der Waals surface area contributed by atoms with Gasteiger partial charge in [0.1, 0.15) is 17.1 Å². The maximum absolute atomic E-state index is 13.6. The normalized spacial score (nSPS) is 16.0. The molecule has 26 heavy (non-hydrogen) atoms. The van der Waals surface area contributed by atoms with E-state index >= 15 is 0 Å². The van der Waals surface area contributed by atoms with Crippen molar-refractivity contribution in [1.82, 2.24) is 15.2 Å². The lowest BCUT2D eigenvalue weighted by Gasteiger charge is -2.27. The molecule has 0 bridgehead atoms. The minimum absolute atomic E-state index is 0.0167. The molecule has 0 spiro atoms. The number of anilines is 2. The van der Waals surface area contributed by atoms with Crippen molar-refractivity contribution in [2.75, 3.05) is 10.6 Å². The minimum Gasteiger partial charge on any atom is -0.363 e. The molecule has 1 amide bonds. The number of carbonyl (C=O) groups is 1. The second kappa shape index (κ2) is 7.17. The Morgan fingerprint density at radius 1 is 1.27 bits per heavy atom. The molecule has 2 N–H and O–H groups in total. The average molecular weight is 369 g/mol. The fourth-order valence-electron chi connectivity index (χ4n) is 3.11. The number of rotatable bonds is 4. The summed E-state index contributed by atoms with van der Waals surface area (Å²) in [7, 11) is 0. The van der Waals surface area contributed by atoms with Gasteiger partial charge >= 0.3 is 0 Å². The molecule has 0 saturated carbocycles. The van der Waals surface area contributed by atoms with E-state index in [0.29, 0.717) is 16.5 Å². The van der Waals surface area contributed by atoms with Crippen molar-refractivity contribution < 1.29 is 9.18 Å². The van der Waals surface area contributed by atoms with Crippen LogP contribution in [0.1, 0.15) is 40.4 Å². The van der Waals surface area contributed by atoms with Gasteiger partial charge < -0.3 is 5.32 Å². The number of pyridine rings is 1. The fraction of sp³-hybridized carbons (Fsp3) is 0.222. The molecule has 1 aliphatic rings. The van der Waals surface area contributed by atoms with Crippen LogP contribution in [0.15, 0.2) is 42.0 Å². The van der Waals surface area contributed by atoms with Gasteiger partial charge in [-0.15, -0.1) is 10.2 Å². The van der Waals surface area contributed by atoms with Crippen LogP contribution in [0.2, 0.25) is 0 Å². The van der Waals surface area contributed by atoms with Gasteiger partial charge in [-0.1, -0.05) is 17.4 Å². The largest absolute Gasteiger partial charge is 0.363 e. The monoisotopic (exact) mass is 369 g/mol. The third kappa shape index (κ3) is 3.55. The lowest BCUT2D eigenvalue weighted by atomic mass is 9.87. The molecule has 3 aromatic rings. The molecule has 1 atom stereocenters. The second-order valence-electron chi connectivity index (χ2n) is 6.06. The van der Waals surface area contributed by atoms with E-state index in [0.717, 1.165) is 24.8 Å². The Morgan fingerprint density at radius 2 is 2.19 bits per heavy atom. The summed E-state index contributed by atoms with van der Waals surface area (Å²) < 4.78 is 13.6. The molecule has 0 radical (unpaired) electrons. The first-order valence-electron chi connectivity index (χ1n) is 8.27. The van der Waals surface area contributed by atoms with Crippen molar-refractivity contribution in [1.29, 1.82) is 0 Å². The molecular weight excluding hydrogens is 353 g/mol. The predicted octanol–water partition coefficient (Wildman–Crippen LogP) is 3.81. The van der Waals surface area contributed by atoms with Gasteiger partial charge in [0.15, 0.2) is 0 Å². The van der Waals surface area contributed by atoms with Crippen LogP contribution in [0.4, 0.5) is 15.3 Å². The van der Waals surface area contributed by atoms with E-state index < -0.39 is 0 Å². The minimum atomic E-state index is -0.286. The highest BCUT2D eigenvalue weighted by molar-refractivity contribution is 7.13. The number of aryl methyl sites for hydroxylation is 1. The molecule has 0 fully saturated rings. The molecule has 8 heteroatoms. The van der Waals surface area contributed by atoms with E-state index in [2.05, 4.69) is 25.8 Å². The maximum atomic E-state index is 13.6. The van der Waals surface area contributed by atoms with E-state index in [1.165, 1.54) is 29.2 Å². The van der Waals surface area contributed by atoms with Crippen molar-refractivity contribution >= 4 is 28.2 Å². The standard InChI is InChI=1S/C18H16FN5OS/c19-13-6-4-11-2-1-3-15(14(11)8-13)22-16-7-5-12(9-20-16)17(25)23-18-24-21-10-26-18/h4-10,15H,1-3H2,(H,20,22)(H,23,24,25). The highest BCUT2D eigenvalue weighted by Crippen LogP contribution is 2.32. The summed E-state index contributed by atoms with van der Waals surface area (Å²) in [5, 5.41) is 13.9. The lowest BCUT2D eigenvalue weighted by Crippen LogP contribution is -2.18. The number of hydrogen-bond donors (Lipinski definition) is 2. The summed E-state index contributed by atoms with van der Waals surface area (Å²) in [5.41, 5.74) is 4.13. The van der Waals surface area contributed by atoms with Crippen molar-refractivity contribution in [2.45, 2.75) is 25.3 Å². The van der Waals surface area contributed by atoms with Crippen LogP contribution in [0.3, 0.4) is 0 Å². The first kappa shape index (κ1) is 16.6. The van der Waals surface area contributed by atoms with E-state index in [9.17, 15) is 9.18 Å². The summed E-state index contributed by atoms with van der Waals surface area (Å²) >= 11 is 1.25. The molecule has 0 aliphatic heterocycles. The topological polar surface area (TPSA) is 79.8 Å². The summed E-state index contributed by atoms with van der Waals surface area (Å²) in [6.45, 7) is 0. The van der Waals surface area contributed by atoms with Crippen molar-refractivity contribution in [3.8, 4) is 0 Å². The van der Waals surface area contributed by atoms with Crippen LogP contribution in [0, 0.1) is 5.82 Å². The second-order valence-corrected chi connectivity index (χ2v) is 6.90. The van der Waals surface area contributed by atoms with Crippen LogP contribution < -0.4 is 10.6 Å². The van der Waals surface area contributed by atoms with Crippen LogP contribution in [0.5, 0.6) is 0 Å². The Hall–Kier alpha value is -2.87. The van der Waals surface area contributed by atoms with Crippen molar-refractivity contribution in [3.05, 3.63) is 64.5 Å². The molecule has 6 nitrogen and oxygen atoms in total. The van der Waals surface area contributed by atoms with Gasteiger partial charge in [-0.2, -0.15) is 0 Å². The Labute approximate surface area is 153 Å². The molecular formula is C18H16FN5OS. The zero-order valence-corrected chi connectivity index (χ0v) is 14.6.